The van der Waals surface area contributed by atoms with Crippen LogP contribution in [0.1, 0.15) is 49.4 Å². The minimum absolute atomic E-state index is 0.0774. The van der Waals surface area contributed by atoms with Gasteiger partial charge in [-0.3, -0.25) is 4.79 Å². The van der Waals surface area contributed by atoms with E-state index in [0.717, 1.165) is 36.8 Å². The van der Waals surface area contributed by atoms with Crippen molar-refractivity contribution >= 4 is 29.0 Å². The van der Waals surface area contributed by atoms with E-state index in [-0.39, 0.29) is 5.91 Å². The molecule has 1 aliphatic rings. The predicted octanol–water partition coefficient (Wildman–Crippen LogP) is 3.27. The first kappa shape index (κ1) is 16.5. The summed E-state index contributed by atoms with van der Waals surface area (Å²) in [6, 6.07) is 4.71. The first-order chi connectivity index (χ1) is 11.3. The number of carbonyl (C=O) groups is 1. The Bertz CT molecular complexity index is 635. The van der Waals surface area contributed by atoms with E-state index in [1.807, 2.05) is 0 Å². The number of thioether (sulfide) groups is 1. The van der Waals surface area contributed by atoms with Gasteiger partial charge in [-0.15, -0.1) is 21.5 Å². The van der Waals surface area contributed by atoms with Gasteiger partial charge in [-0.05, 0) is 30.7 Å². The van der Waals surface area contributed by atoms with Gasteiger partial charge in [0.2, 0.25) is 5.91 Å². The second-order valence-corrected chi connectivity index (χ2v) is 7.72. The van der Waals surface area contributed by atoms with Crippen LogP contribution < -0.4 is 5.32 Å². The Morgan fingerprint density at radius 3 is 3.04 bits per heavy atom. The van der Waals surface area contributed by atoms with E-state index in [1.165, 1.54) is 29.5 Å². The Kier molecular flexibility index (Phi) is 5.72. The molecule has 0 bridgehead atoms. The Hall–Kier alpha value is -1.34. The molecule has 0 radical (unpaired) electrons. The van der Waals surface area contributed by atoms with Crippen LogP contribution in [-0.4, -0.2) is 33.0 Å². The molecule has 3 rings (SSSR count). The molecule has 1 fully saturated rings. The van der Waals surface area contributed by atoms with E-state index in [0.29, 0.717) is 11.8 Å². The maximum absolute atomic E-state index is 11.9. The van der Waals surface area contributed by atoms with Crippen molar-refractivity contribution in [1.29, 1.82) is 0 Å². The molecule has 23 heavy (non-hydrogen) atoms. The van der Waals surface area contributed by atoms with E-state index in [9.17, 15) is 4.79 Å². The van der Waals surface area contributed by atoms with Gasteiger partial charge in [0.05, 0.1) is 5.75 Å². The molecule has 1 aliphatic carbocycles. The number of hydrogen-bond donors (Lipinski definition) is 1. The van der Waals surface area contributed by atoms with E-state index >= 15 is 0 Å². The van der Waals surface area contributed by atoms with Crippen molar-refractivity contribution in [3.8, 4) is 0 Å². The number of hydrogen-bond acceptors (Lipinski definition) is 5. The van der Waals surface area contributed by atoms with E-state index in [2.05, 4.69) is 44.5 Å². The van der Waals surface area contributed by atoms with Crippen LogP contribution in [0, 0.1) is 0 Å². The molecular weight excluding hydrogens is 328 g/mol. The fourth-order valence-electron chi connectivity index (χ4n) is 2.38. The third kappa shape index (κ3) is 4.57. The van der Waals surface area contributed by atoms with Crippen molar-refractivity contribution in [3.63, 3.8) is 0 Å². The highest BCUT2D eigenvalue weighted by Gasteiger charge is 2.29. The van der Waals surface area contributed by atoms with E-state index < -0.39 is 0 Å². The molecule has 2 heterocycles. The van der Waals surface area contributed by atoms with Crippen LogP contribution in [0.25, 0.3) is 0 Å². The molecule has 0 aromatic carbocycles. The summed E-state index contributed by atoms with van der Waals surface area (Å²) in [5, 5.41) is 14.6. The summed E-state index contributed by atoms with van der Waals surface area (Å²) in [7, 11) is 0. The van der Waals surface area contributed by atoms with E-state index in [4.69, 9.17) is 0 Å². The summed E-state index contributed by atoms with van der Waals surface area (Å²) in [6.45, 7) is 2.88. The number of nitrogens with zero attached hydrogens (tertiary/aromatic N) is 3. The molecule has 1 saturated carbocycles. The highest BCUT2D eigenvalue weighted by molar-refractivity contribution is 7.99. The zero-order chi connectivity index (χ0) is 16.1. The lowest BCUT2D eigenvalue weighted by molar-refractivity contribution is -0.118. The normalized spacial score (nSPS) is 14.1. The molecule has 0 atom stereocenters. The predicted molar refractivity (Wildman–Crippen MR) is 94.1 cm³/mol. The highest BCUT2D eigenvalue weighted by atomic mass is 32.2. The summed E-state index contributed by atoms with van der Waals surface area (Å²) >= 11 is 3.24. The second kappa shape index (κ2) is 7.97. The minimum Gasteiger partial charge on any atom is -0.355 e. The average Bonchev–Trinajstić information content (AvgIpc) is 3.10. The van der Waals surface area contributed by atoms with Gasteiger partial charge in [-0.1, -0.05) is 31.2 Å². The third-order valence-corrected chi connectivity index (χ3v) is 5.56. The average molecular weight is 351 g/mol. The van der Waals surface area contributed by atoms with Gasteiger partial charge >= 0.3 is 0 Å². The molecule has 5 nitrogen and oxygen atoms in total. The topological polar surface area (TPSA) is 59.8 Å². The summed E-state index contributed by atoms with van der Waals surface area (Å²) in [5.41, 5.74) is 0. The second-order valence-electron chi connectivity index (χ2n) is 5.75. The van der Waals surface area contributed by atoms with Crippen LogP contribution >= 0.6 is 23.1 Å². The van der Waals surface area contributed by atoms with E-state index in [1.54, 1.807) is 11.3 Å². The maximum Gasteiger partial charge on any atom is 0.230 e. The first-order valence-corrected chi connectivity index (χ1v) is 10.00. The molecule has 2 aromatic rings. The molecule has 124 valence electrons. The third-order valence-electron chi connectivity index (χ3n) is 3.74. The summed E-state index contributed by atoms with van der Waals surface area (Å²) < 4.78 is 2.24. The Morgan fingerprint density at radius 1 is 1.48 bits per heavy atom. The molecular formula is C16H22N4OS2. The number of nitrogens with one attached hydrogen (secondary N) is 1. The van der Waals surface area contributed by atoms with Crippen molar-refractivity contribution in [2.45, 2.75) is 50.2 Å². The lowest BCUT2D eigenvalue weighted by Crippen LogP contribution is -2.26. The van der Waals surface area contributed by atoms with Gasteiger partial charge in [-0.25, -0.2) is 0 Å². The smallest absolute Gasteiger partial charge is 0.230 e. The zero-order valence-corrected chi connectivity index (χ0v) is 15.0. The van der Waals surface area contributed by atoms with Crippen LogP contribution in [0.3, 0.4) is 0 Å². The van der Waals surface area contributed by atoms with Crippen molar-refractivity contribution in [2.75, 3.05) is 12.3 Å². The quantitative estimate of drug-likeness (QED) is 0.557. The molecule has 7 heteroatoms. The minimum atomic E-state index is 0.0774. The first-order valence-electron chi connectivity index (χ1n) is 8.13. The Labute approximate surface area is 144 Å². The van der Waals surface area contributed by atoms with Gasteiger partial charge in [0.15, 0.2) is 5.16 Å². The van der Waals surface area contributed by atoms with Gasteiger partial charge in [0.1, 0.15) is 5.82 Å². The number of thiophene rings is 1. The van der Waals surface area contributed by atoms with Gasteiger partial charge in [0, 0.05) is 23.9 Å². The maximum atomic E-state index is 11.9. The highest BCUT2D eigenvalue weighted by Crippen LogP contribution is 2.39. The molecule has 1 N–H and O–H groups in total. The van der Waals surface area contributed by atoms with Crippen molar-refractivity contribution in [3.05, 3.63) is 28.2 Å². The van der Waals surface area contributed by atoms with Crippen LogP contribution in [-0.2, 0) is 11.2 Å². The van der Waals surface area contributed by atoms with Crippen molar-refractivity contribution in [2.24, 2.45) is 0 Å². The number of unbranched alkanes of at least 4 members (excludes halogenated alkanes) is 1. The van der Waals surface area contributed by atoms with Crippen molar-refractivity contribution < 1.29 is 4.79 Å². The molecule has 0 aliphatic heterocycles. The lowest BCUT2D eigenvalue weighted by Gasteiger charge is -2.08. The summed E-state index contributed by atoms with van der Waals surface area (Å²) in [6.07, 6.45) is 5.32. The van der Waals surface area contributed by atoms with Gasteiger partial charge < -0.3 is 9.88 Å². The zero-order valence-electron chi connectivity index (χ0n) is 13.3. The van der Waals surface area contributed by atoms with Crippen LogP contribution in [0.4, 0.5) is 0 Å². The monoisotopic (exact) mass is 350 g/mol. The number of amides is 1. The van der Waals surface area contributed by atoms with Gasteiger partial charge in [0.25, 0.3) is 0 Å². The molecule has 2 aromatic heterocycles. The molecule has 0 spiro atoms. The molecule has 0 unspecified atom stereocenters. The Morgan fingerprint density at radius 2 is 2.35 bits per heavy atom. The summed E-state index contributed by atoms with van der Waals surface area (Å²) in [5.74, 6) is 1.51. The van der Waals surface area contributed by atoms with Crippen LogP contribution in [0.2, 0.25) is 0 Å². The standard InChI is InChI=1S/C16H22N4OS2/c1-2-3-8-17-15(21)11-23-16-19-18-14(20(16)12-6-7-12)10-13-5-4-9-22-13/h4-5,9,12H,2-3,6-8,10-11H2,1H3,(H,17,21). The fourth-order valence-corrected chi connectivity index (χ4v) is 3.94. The lowest BCUT2D eigenvalue weighted by atomic mass is 10.3. The number of aromatic nitrogens is 3. The Balaban J connectivity index is 1.61. The largest absolute Gasteiger partial charge is 0.355 e. The number of rotatable bonds is 9. The van der Waals surface area contributed by atoms with Crippen LogP contribution in [0.15, 0.2) is 22.7 Å². The molecule has 0 saturated heterocycles. The molecule has 1 amide bonds. The van der Waals surface area contributed by atoms with Gasteiger partial charge in [-0.2, -0.15) is 0 Å². The summed E-state index contributed by atoms with van der Waals surface area (Å²) in [4.78, 5) is 13.2. The SMILES string of the molecule is CCCCNC(=O)CSc1nnc(Cc2cccs2)n1C1CC1. The van der Waals surface area contributed by atoms with Crippen LogP contribution in [0.5, 0.6) is 0 Å². The van der Waals surface area contributed by atoms with Crippen molar-refractivity contribution in [1.82, 2.24) is 20.1 Å². The fraction of sp³-hybridized carbons (Fsp3) is 0.562. The number of carbonyl (C=O) groups excluding carboxylic acids is 1.